The third-order valence-corrected chi connectivity index (χ3v) is 5.67. The van der Waals surface area contributed by atoms with E-state index in [1.807, 2.05) is 30.1 Å². The van der Waals surface area contributed by atoms with Crippen molar-refractivity contribution >= 4 is 18.3 Å². The monoisotopic (exact) mass is 352 g/mol. The van der Waals surface area contributed by atoms with Crippen LogP contribution in [0.15, 0.2) is 18.2 Å². The molecule has 0 aromatic heterocycles. The average Bonchev–Trinajstić information content (AvgIpc) is 3.20. The summed E-state index contributed by atoms with van der Waals surface area (Å²) in [4.78, 5) is 15.1. The maximum atomic E-state index is 13.2. The molecule has 1 aromatic carbocycles. The van der Waals surface area contributed by atoms with Crippen molar-refractivity contribution in [1.82, 2.24) is 10.2 Å². The van der Waals surface area contributed by atoms with Crippen molar-refractivity contribution in [2.24, 2.45) is 11.3 Å². The fourth-order valence-electron chi connectivity index (χ4n) is 4.43. The highest BCUT2D eigenvalue weighted by molar-refractivity contribution is 5.85. The lowest BCUT2D eigenvalue weighted by atomic mass is 9.67. The Morgan fingerprint density at radius 1 is 1.33 bits per heavy atom. The van der Waals surface area contributed by atoms with E-state index in [-0.39, 0.29) is 24.6 Å². The van der Waals surface area contributed by atoms with Crippen molar-refractivity contribution in [1.29, 1.82) is 0 Å². The Labute approximate surface area is 149 Å². The Morgan fingerprint density at radius 2 is 2.17 bits per heavy atom. The molecule has 4 rings (SSSR count). The number of carbonyl (C=O) groups excluding carboxylic acids is 1. The molecule has 5 nitrogen and oxygen atoms in total. The molecule has 24 heavy (non-hydrogen) atoms. The fourth-order valence-corrected chi connectivity index (χ4v) is 4.43. The number of halogens is 1. The zero-order valence-corrected chi connectivity index (χ0v) is 14.9. The van der Waals surface area contributed by atoms with E-state index in [2.05, 4.69) is 5.32 Å². The number of carbonyl (C=O) groups is 1. The van der Waals surface area contributed by atoms with E-state index < -0.39 is 0 Å². The van der Waals surface area contributed by atoms with Crippen molar-refractivity contribution in [3.8, 4) is 11.5 Å². The van der Waals surface area contributed by atoms with Gasteiger partial charge in [-0.1, -0.05) is 18.9 Å². The largest absolute Gasteiger partial charge is 0.454 e. The first-order valence-corrected chi connectivity index (χ1v) is 8.54. The number of rotatable bonds is 3. The van der Waals surface area contributed by atoms with Gasteiger partial charge in [0.25, 0.3) is 0 Å². The molecule has 2 fully saturated rings. The molecule has 0 bridgehead atoms. The van der Waals surface area contributed by atoms with E-state index in [1.54, 1.807) is 0 Å². The topological polar surface area (TPSA) is 50.8 Å². The smallest absolute Gasteiger partial charge is 0.231 e. The molecule has 1 aliphatic carbocycles. The minimum Gasteiger partial charge on any atom is -0.454 e. The molecule has 0 unspecified atom stereocenters. The number of benzene rings is 1. The maximum absolute atomic E-state index is 13.2. The quantitative estimate of drug-likeness (QED) is 0.908. The van der Waals surface area contributed by atoms with Crippen molar-refractivity contribution in [3.63, 3.8) is 0 Å². The summed E-state index contributed by atoms with van der Waals surface area (Å²) in [6, 6.07) is 5.92. The van der Waals surface area contributed by atoms with Gasteiger partial charge in [0.2, 0.25) is 12.7 Å². The Kier molecular flexibility index (Phi) is 4.92. The van der Waals surface area contributed by atoms with E-state index in [4.69, 9.17) is 9.47 Å². The normalized spacial score (nSPS) is 27.3. The SMILES string of the molecule is CN(Cc1ccc2c(c1)OCO2)C(=O)[C@@]12CCCC[C@H]1CNC2.Cl. The molecule has 0 spiro atoms. The molecule has 1 saturated heterocycles. The first kappa shape index (κ1) is 17.4. The van der Waals surface area contributed by atoms with Crippen LogP contribution in [0.2, 0.25) is 0 Å². The molecular formula is C18H25ClN2O3. The van der Waals surface area contributed by atoms with Gasteiger partial charge in [-0.2, -0.15) is 0 Å². The van der Waals surface area contributed by atoms with Gasteiger partial charge >= 0.3 is 0 Å². The van der Waals surface area contributed by atoms with Gasteiger partial charge in [0.15, 0.2) is 11.5 Å². The first-order chi connectivity index (χ1) is 11.2. The summed E-state index contributed by atoms with van der Waals surface area (Å²) in [5.41, 5.74) is 0.906. The molecule has 2 heterocycles. The summed E-state index contributed by atoms with van der Waals surface area (Å²) in [6.07, 6.45) is 4.63. The highest BCUT2D eigenvalue weighted by Gasteiger charge is 2.50. The summed E-state index contributed by atoms with van der Waals surface area (Å²) in [7, 11) is 1.92. The number of hydrogen-bond donors (Lipinski definition) is 1. The van der Waals surface area contributed by atoms with Gasteiger partial charge in [0, 0.05) is 20.1 Å². The molecule has 132 valence electrons. The number of fused-ring (bicyclic) bond motifs is 2. The fraction of sp³-hybridized carbons (Fsp3) is 0.611. The number of nitrogens with zero attached hydrogens (tertiary/aromatic N) is 1. The van der Waals surface area contributed by atoms with Crippen molar-refractivity contribution in [2.45, 2.75) is 32.2 Å². The Bertz CT molecular complexity index is 624. The number of hydrogen-bond acceptors (Lipinski definition) is 4. The number of amides is 1. The van der Waals surface area contributed by atoms with Gasteiger partial charge in [-0.05, 0) is 43.0 Å². The lowest BCUT2D eigenvalue weighted by Crippen LogP contribution is -2.48. The minimum absolute atomic E-state index is 0. The second-order valence-corrected chi connectivity index (χ2v) is 7.08. The first-order valence-electron chi connectivity index (χ1n) is 8.54. The van der Waals surface area contributed by atoms with Gasteiger partial charge in [0.1, 0.15) is 0 Å². The zero-order valence-electron chi connectivity index (χ0n) is 14.0. The van der Waals surface area contributed by atoms with E-state index >= 15 is 0 Å². The van der Waals surface area contributed by atoms with Gasteiger partial charge in [-0.3, -0.25) is 4.79 Å². The van der Waals surface area contributed by atoms with Crippen LogP contribution in [0.3, 0.4) is 0 Å². The highest BCUT2D eigenvalue weighted by atomic mass is 35.5. The summed E-state index contributed by atoms with van der Waals surface area (Å²) in [5.74, 6) is 2.36. The minimum atomic E-state index is -0.177. The van der Waals surface area contributed by atoms with Crippen LogP contribution >= 0.6 is 12.4 Å². The van der Waals surface area contributed by atoms with E-state index in [9.17, 15) is 4.79 Å². The van der Waals surface area contributed by atoms with Crippen molar-refractivity contribution < 1.29 is 14.3 Å². The van der Waals surface area contributed by atoms with Crippen LogP contribution in [-0.4, -0.2) is 37.7 Å². The number of ether oxygens (including phenoxy) is 2. The molecular weight excluding hydrogens is 328 g/mol. The van der Waals surface area contributed by atoms with Gasteiger partial charge < -0.3 is 19.7 Å². The molecule has 1 N–H and O–H groups in total. The van der Waals surface area contributed by atoms with Crippen molar-refractivity contribution in [2.75, 3.05) is 26.9 Å². The Hall–Kier alpha value is -1.46. The zero-order chi connectivity index (χ0) is 15.9. The van der Waals surface area contributed by atoms with E-state index in [0.717, 1.165) is 36.6 Å². The molecule has 3 aliphatic rings. The lowest BCUT2D eigenvalue weighted by molar-refractivity contribution is -0.144. The van der Waals surface area contributed by atoms with Crippen LogP contribution < -0.4 is 14.8 Å². The standard InChI is InChI=1S/C18H24N2O3.ClH/c1-20(10-13-5-6-15-16(8-13)23-12-22-15)17(21)18-7-3-2-4-14(18)9-19-11-18;/h5-6,8,14,19H,2-4,7,9-12H2,1H3;1H/t14-,18+;/m0./s1. The molecule has 1 saturated carbocycles. The summed E-state index contributed by atoms with van der Waals surface area (Å²) >= 11 is 0. The van der Waals surface area contributed by atoms with Gasteiger partial charge in [0.05, 0.1) is 5.41 Å². The number of nitrogens with one attached hydrogen (secondary N) is 1. The van der Waals surface area contributed by atoms with Gasteiger partial charge in [-0.15, -0.1) is 12.4 Å². The van der Waals surface area contributed by atoms with Crippen LogP contribution in [0, 0.1) is 11.3 Å². The third-order valence-electron chi connectivity index (χ3n) is 5.67. The molecule has 1 aromatic rings. The van der Waals surface area contributed by atoms with Gasteiger partial charge in [-0.25, -0.2) is 0 Å². The molecule has 6 heteroatoms. The predicted molar refractivity (Wildman–Crippen MR) is 93.5 cm³/mol. The summed E-state index contributed by atoms with van der Waals surface area (Å²) in [6.45, 7) is 2.72. The second-order valence-electron chi connectivity index (χ2n) is 7.08. The summed E-state index contributed by atoms with van der Waals surface area (Å²) in [5, 5.41) is 3.45. The van der Waals surface area contributed by atoms with Crippen LogP contribution in [-0.2, 0) is 11.3 Å². The van der Waals surface area contributed by atoms with Crippen LogP contribution in [0.5, 0.6) is 11.5 Å². The predicted octanol–water partition coefficient (Wildman–Crippen LogP) is 2.58. The van der Waals surface area contributed by atoms with Crippen LogP contribution in [0.1, 0.15) is 31.2 Å². The van der Waals surface area contributed by atoms with Crippen LogP contribution in [0.25, 0.3) is 0 Å². The average molecular weight is 353 g/mol. The summed E-state index contributed by atoms with van der Waals surface area (Å²) < 4.78 is 10.8. The second kappa shape index (κ2) is 6.81. The third kappa shape index (κ3) is 2.84. The molecule has 0 radical (unpaired) electrons. The highest BCUT2D eigenvalue weighted by Crippen LogP contribution is 2.45. The maximum Gasteiger partial charge on any atom is 0.231 e. The van der Waals surface area contributed by atoms with Crippen LogP contribution in [0.4, 0.5) is 0 Å². The van der Waals surface area contributed by atoms with Crippen molar-refractivity contribution in [3.05, 3.63) is 23.8 Å². The van der Waals surface area contributed by atoms with E-state index in [0.29, 0.717) is 18.4 Å². The Balaban J connectivity index is 0.00000169. The Morgan fingerprint density at radius 3 is 3.04 bits per heavy atom. The molecule has 1 amide bonds. The van der Waals surface area contributed by atoms with E-state index in [1.165, 1.54) is 19.3 Å². The lowest BCUT2D eigenvalue weighted by Gasteiger charge is -2.39. The molecule has 2 atom stereocenters. The molecule has 2 aliphatic heterocycles.